The maximum absolute atomic E-state index is 12.0. The highest BCUT2D eigenvalue weighted by Crippen LogP contribution is 2.24. The molecule has 0 aromatic carbocycles. The average molecular weight is 343 g/mol. The number of esters is 2. The van der Waals surface area contributed by atoms with E-state index < -0.39 is 0 Å². The molecule has 24 heavy (non-hydrogen) atoms. The van der Waals surface area contributed by atoms with E-state index in [1.807, 2.05) is 27.7 Å². The number of ether oxygens (including phenoxy) is 2. The van der Waals surface area contributed by atoms with Crippen LogP contribution in [-0.4, -0.2) is 25.2 Å². The summed E-state index contributed by atoms with van der Waals surface area (Å²) in [5, 5.41) is 0. The van der Waals surface area contributed by atoms with E-state index in [4.69, 9.17) is 9.47 Å². The van der Waals surface area contributed by atoms with Crippen molar-refractivity contribution in [3.8, 4) is 0 Å². The van der Waals surface area contributed by atoms with Crippen LogP contribution in [0.4, 0.5) is 0 Å². The summed E-state index contributed by atoms with van der Waals surface area (Å²) in [7, 11) is 0. The summed E-state index contributed by atoms with van der Waals surface area (Å²) in [6.45, 7) is 15.5. The number of hydrogen-bond acceptors (Lipinski definition) is 4. The molecule has 0 saturated carbocycles. The molecule has 0 heterocycles. The molecule has 0 aromatic rings. The predicted molar refractivity (Wildman–Crippen MR) is 97.6 cm³/mol. The van der Waals surface area contributed by atoms with Crippen molar-refractivity contribution >= 4 is 11.9 Å². The molecule has 0 aliphatic heterocycles. The van der Waals surface area contributed by atoms with Crippen molar-refractivity contribution in [1.29, 1.82) is 0 Å². The zero-order valence-electron chi connectivity index (χ0n) is 16.8. The topological polar surface area (TPSA) is 52.6 Å². The minimum Gasteiger partial charge on any atom is -0.465 e. The zero-order valence-corrected chi connectivity index (χ0v) is 16.8. The van der Waals surface area contributed by atoms with Crippen LogP contribution in [0.3, 0.4) is 0 Å². The molecule has 0 bridgehead atoms. The van der Waals surface area contributed by atoms with Gasteiger partial charge in [0.2, 0.25) is 0 Å². The van der Waals surface area contributed by atoms with E-state index in [2.05, 4.69) is 20.8 Å². The second-order valence-electron chi connectivity index (χ2n) is 8.23. The van der Waals surface area contributed by atoms with Gasteiger partial charge in [0.05, 0.1) is 13.2 Å². The van der Waals surface area contributed by atoms with E-state index in [0.29, 0.717) is 49.7 Å². The van der Waals surface area contributed by atoms with Gasteiger partial charge in [-0.3, -0.25) is 9.59 Å². The molecule has 0 aliphatic carbocycles. The molecular formula is C20H38O4. The number of rotatable bonds is 12. The van der Waals surface area contributed by atoms with E-state index in [-0.39, 0.29) is 17.9 Å². The van der Waals surface area contributed by atoms with Gasteiger partial charge in [0.25, 0.3) is 0 Å². The van der Waals surface area contributed by atoms with E-state index in [1.54, 1.807) is 0 Å². The third-order valence-corrected chi connectivity index (χ3v) is 4.23. The zero-order chi connectivity index (χ0) is 18.7. The molecule has 1 atom stereocenters. The quantitative estimate of drug-likeness (QED) is 0.476. The Morgan fingerprint density at radius 1 is 0.708 bits per heavy atom. The van der Waals surface area contributed by atoms with Crippen molar-refractivity contribution in [2.24, 2.45) is 29.6 Å². The first-order chi connectivity index (χ1) is 11.1. The van der Waals surface area contributed by atoms with Crippen LogP contribution in [0, 0.1) is 29.6 Å². The molecule has 0 fully saturated rings. The van der Waals surface area contributed by atoms with Gasteiger partial charge < -0.3 is 9.47 Å². The Bertz CT molecular complexity index is 335. The van der Waals surface area contributed by atoms with Crippen LogP contribution in [0.25, 0.3) is 0 Å². The lowest BCUT2D eigenvalue weighted by Gasteiger charge is -2.20. The maximum atomic E-state index is 12.0. The minimum atomic E-state index is -0.206. The molecule has 0 radical (unpaired) electrons. The summed E-state index contributed by atoms with van der Waals surface area (Å²) in [5.41, 5.74) is 0. The summed E-state index contributed by atoms with van der Waals surface area (Å²) in [6.07, 6.45) is 2.47. The molecular weight excluding hydrogens is 304 g/mol. The molecule has 1 unspecified atom stereocenters. The molecule has 142 valence electrons. The first-order valence-corrected chi connectivity index (χ1v) is 9.43. The van der Waals surface area contributed by atoms with Crippen LogP contribution in [0.2, 0.25) is 0 Å². The summed E-state index contributed by atoms with van der Waals surface area (Å²) < 4.78 is 10.6. The molecule has 0 aliphatic rings. The van der Waals surface area contributed by atoms with Crippen LogP contribution >= 0.6 is 0 Å². The third kappa shape index (κ3) is 12.4. The molecule has 0 amide bonds. The van der Waals surface area contributed by atoms with Crippen LogP contribution < -0.4 is 0 Å². The summed E-state index contributed by atoms with van der Waals surface area (Å²) in [5.74, 6) is 1.42. The van der Waals surface area contributed by atoms with Crippen molar-refractivity contribution in [2.75, 3.05) is 13.2 Å². The fourth-order valence-electron chi connectivity index (χ4n) is 2.22. The van der Waals surface area contributed by atoms with Gasteiger partial charge in [-0.05, 0) is 36.0 Å². The number of carbonyl (C=O) groups is 2. The number of carbonyl (C=O) groups excluding carboxylic acids is 2. The largest absolute Gasteiger partial charge is 0.465 e. The average Bonchev–Trinajstić information content (AvgIpc) is 2.48. The third-order valence-electron chi connectivity index (χ3n) is 4.23. The van der Waals surface area contributed by atoms with Crippen molar-refractivity contribution < 1.29 is 19.1 Å². The van der Waals surface area contributed by atoms with Gasteiger partial charge in [0.15, 0.2) is 0 Å². The van der Waals surface area contributed by atoms with Gasteiger partial charge in [-0.25, -0.2) is 0 Å². The Morgan fingerprint density at radius 2 is 1.12 bits per heavy atom. The fraction of sp³-hybridized carbons (Fsp3) is 0.900. The lowest BCUT2D eigenvalue weighted by atomic mass is 9.87. The van der Waals surface area contributed by atoms with E-state index in [0.717, 1.165) is 12.8 Å². The van der Waals surface area contributed by atoms with Crippen LogP contribution in [0.15, 0.2) is 0 Å². The molecule has 0 spiro atoms. The van der Waals surface area contributed by atoms with E-state index in [1.165, 1.54) is 0 Å². The first kappa shape index (κ1) is 22.9. The van der Waals surface area contributed by atoms with Crippen LogP contribution in [0.1, 0.15) is 74.1 Å². The lowest BCUT2D eigenvalue weighted by molar-refractivity contribution is -0.148. The minimum absolute atomic E-state index is 0.00512. The van der Waals surface area contributed by atoms with Gasteiger partial charge in [-0.1, -0.05) is 54.9 Å². The van der Waals surface area contributed by atoms with Gasteiger partial charge in [0, 0.05) is 12.8 Å². The molecule has 4 nitrogen and oxygen atoms in total. The Morgan fingerprint density at radius 3 is 1.46 bits per heavy atom. The Labute approximate surface area is 148 Å². The van der Waals surface area contributed by atoms with Crippen LogP contribution in [-0.2, 0) is 19.1 Å². The summed E-state index contributed by atoms with van der Waals surface area (Å²) in [4.78, 5) is 24.0. The summed E-state index contributed by atoms with van der Waals surface area (Å²) >= 11 is 0. The second-order valence-corrected chi connectivity index (χ2v) is 8.23. The standard InChI is InChI=1S/C20H38O4/c1-14(2)12-23-19(21)10-18(9-8-17(7)16(5)6)11-20(22)24-13-15(3)4/h14-18H,8-13H2,1-7H3. The highest BCUT2D eigenvalue weighted by atomic mass is 16.5. The Hall–Kier alpha value is -1.06. The first-order valence-electron chi connectivity index (χ1n) is 9.43. The fourth-order valence-corrected chi connectivity index (χ4v) is 2.22. The normalized spacial score (nSPS) is 13.0. The molecule has 0 aromatic heterocycles. The SMILES string of the molecule is CC(C)COC(=O)CC(CCC(C)C(C)C)CC(=O)OCC(C)C. The second kappa shape index (κ2) is 12.3. The maximum Gasteiger partial charge on any atom is 0.306 e. The van der Waals surface area contributed by atoms with Crippen molar-refractivity contribution in [3.63, 3.8) is 0 Å². The molecule has 0 N–H and O–H groups in total. The van der Waals surface area contributed by atoms with Gasteiger partial charge in [0.1, 0.15) is 0 Å². The summed E-state index contributed by atoms with van der Waals surface area (Å²) in [6, 6.07) is 0. The van der Waals surface area contributed by atoms with E-state index >= 15 is 0 Å². The smallest absolute Gasteiger partial charge is 0.306 e. The van der Waals surface area contributed by atoms with E-state index in [9.17, 15) is 9.59 Å². The number of hydrogen-bond donors (Lipinski definition) is 0. The van der Waals surface area contributed by atoms with Crippen molar-refractivity contribution in [3.05, 3.63) is 0 Å². The molecule has 0 rings (SSSR count). The van der Waals surface area contributed by atoms with Gasteiger partial charge >= 0.3 is 11.9 Å². The van der Waals surface area contributed by atoms with Gasteiger partial charge in [-0.2, -0.15) is 0 Å². The van der Waals surface area contributed by atoms with Crippen LogP contribution in [0.5, 0.6) is 0 Å². The lowest BCUT2D eigenvalue weighted by Crippen LogP contribution is -2.20. The Kier molecular flexibility index (Phi) is 11.8. The van der Waals surface area contributed by atoms with Crippen molar-refractivity contribution in [1.82, 2.24) is 0 Å². The Balaban J connectivity index is 4.52. The molecule has 4 heteroatoms. The van der Waals surface area contributed by atoms with Gasteiger partial charge in [-0.15, -0.1) is 0 Å². The highest BCUT2D eigenvalue weighted by molar-refractivity contribution is 5.73. The molecule has 0 saturated heterocycles. The highest BCUT2D eigenvalue weighted by Gasteiger charge is 2.21. The van der Waals surface area contributed by atoms with Crippen molar-refractivity contribution in [2.45, 2.75) is 74.1 Å². The predicted octanol–water partition coefficient (Wildman–Crippen LogP) is 4.85. The monoisotopic (exact) mass is 342 g/mol.